The lowest BCUT2D eigenvalue weighted by atomic mass is 9.92. The van der Waals surface area contributed by atoms with Gasteiger partial charge in [-0.2, -0.15) is 0 Å². The predicted molar refractivity (Wildman–Crippen MR) is 69.8 cm³/mol. The molecule has 2 unspecified atom stereocenters. The fourth-order valence-corrected chi connectivity index (χ4v) is 2.91. The normalized spacial score (nSPS) is 24.2. The summed E-state index contributed by atoms with van der Waals surface area (Å²) in [5.41, 5.74) is 2.20. The minimum atomic E-state index is -0.0962. The van der Waals surface area contributed by atoms with E-state index < -0.39 is 0 Å². The van der Waals surface area contributed by atoms with Crippen LogP contribution in [0.3, 0.4) is 0 Å². The summed E-state index contributed by atoms with van der Waals surface area (Å²) < 4.78 is 13.4. The van der Waals surface area contributed by atoms with Crippen LogP contribution in [0.4, 0.5) is 4.39 Å². The van der Waals surface area contributed by atoms with Gasteiger partial charge in [0.05, 0.1) is 0 Å². The zero-order valence-electron chi connectivity index (χ0n) is 10.8. The van der Waals surface area contributed by atoms with Gasteiger partial charge in [0.15, 0.2) is 0 Å². The molecule has 0 radical (unpaired) electrons. The Morgan fingerprint density at radius 1 is 1.29 bits per heavy atom. The molecule has 0 spiro atoms. The summed E-state index contributed by atoms with van der Waals surface area (Å²) in [5.74, 6) is 0.400. The average Bonchev–Trinajstić information content (AvgIpc) is 2.73. The molecule has 0 aromatic heterocycles. The van der Waals surface area contributed by atoms with E-state index in [1.165, 1.54) is 24.8 Å². The lowest BCUT2D eigenvalue weighted by Gasteiger charge is -2.21. The van der Waals surface area contributed by atoms with Crippen LogP contribution in [0.5, 0.6) is 0 Å². The molecule has 17 heavy (non-hydrogen) atoms. The maximum atomic E-state index is 13.4. The van der Waals surface area contributed by atoms with Gasteiger partial charge in [0, 0.05) is 6.04 Å². The molecule has 0 bridgehead atoms. The summed E-state index contributed by atoms with van der Waals surface area (Å²) in [5, 5.41) is 3.60. The zero-order chi connectivity index (χ0) is 12.3. The van der Waals surface area contributed by atoms with Crippen molar-refractivity contribution in [2.45, 2.75) is 51.5 Å². The Hall–Kier alpha value is -0.890. The van der Waals surface area contributed by atoms with Gasteiger partial charge in [-0.15, -0.1) is 0 Å². The van der Waals surface area contributed by atoms with Gasteiger partial charge >= 0.3 is 0 Å². The number of halogens is 1. The van der Waals surface area contributed by atoms with Gasteiger partial charge in [-0.05, 0) is 61.9 Å². The van der Waals surface area contributed by atoms with E-state index in [0.29, 0.717) is 12.0 Å². The highest BCUT2D eigenvalue weighted by atomic mass is 19.1. The molecule has 2 rings (SSSR count). The minimum Gasteiger partial charge on any atom is -0.313 e. The van der Waals surface area contributed by atoms with E-state index in [1.54, 1.807) is 12.1 Å². The highest BCUT2D eigenvalue weighted by Gasteiger charge is 2.28. The van der Waals surface area contributed by atoms with Crippen molar-refractivity contribution in [1.82, 2.24) is 5.32 Å². The molecule has 0 heterocycles. The molecule has 1 saturated carbocycles. The van der Waals surface area contributed by atoms with Gasteiger partial charge in [-0.3, -0.25) is 0 Å². The monoisotopic (exact) mass is 235 g/mol. The van der Waals surface area contributed by atoms with Crippen molar-refractivity contribution in [3.63, 3.8) is 0 Å². The van der Waals surface area contributed by atoms with Crippen LogP contribution in [-0.4, -0.2) is 12.6 Å². The number of hydrogen-bond acceptors (Lipinski definition) is 1. The van der Waals surface area contributed by atoms with Crippen LogP contribution in [0.15, 0.2) is 18.2 Å². The van der Waals surface area contributed by atoms with Gasteiger partial charge in [0.25, 0.3) is 0 Å². The maximum Gasteiger partial charge on any atom is 0.123 e. The largest absolute Gasteiger partial charge is 0.313 e. The summed E-state index contributed by atoms with van der Waals surface area (Å²) in [6.07, 6.45) is 4.82. The molecule has 2 atom stereocenters. The third kappa shape index (κ3) is 3.06. The molecule has 1 aliphatic rings. The standard InChI is InChI=1S/C15H22FN/c1-3-7-17-15-6-4-5-14(15)12-8-11(2)9-13(16)10-12/h8-10,14-15,17H,3-7H2,1-2H3. The summed E-state index contributed by atoms with van der Waals surface area (Å²) >= 11 is 0. The smallest absolute Gasteiger partial charge is 0.123 e. The van der Waals surface area contributed by atoms with E-state index in [-0.39, 0.29) is 5.82 Å². The third-order valence-electron chi connectivity index (χ3n) is 3.67. The van der Waals surface area contributed by atoms with Crippen LogP contribution >= 0.6 is 0 Å². The fourth-order valence-electron chi connectivity index (χ4n) is 2.91. The Labute approximate surface area is 103 Å². The maximum absolute atomic E-state index is 13.4. The molecule has 1 nitrogen and oxygen atoms in total. The molecule has 0 saturated heterocycles. The molecular formula is C15H22FN. The predicted octanol–water partition coefficient (Wildman–Crippen LogP) is 3.77. The number of nitrogens with one attached hydrogen (secondary N) is 1. The molecule has 2 heteroatoms. The molecule has 1 aliphatic carbocycles. The molecule has 94 valence electrons. The van der Waals surface area contributed by atoms with Crippen molar-refractivity contribution in [2.24, 2.45) is 0 Å². The molecular weight excluding hydrogens is 213 g/mol. The summed E-state index contributed by atoms with van der Waals surface area (Å²) in [6.45, 7) is 5.22. The van der Waals surface area contributed by atoms with Crippen LogP contribution in [0.25, 0.3) is 0 Å². The first-order valence-electron chi connectivity index (χ1n) is 6.71. The minimum absolute atomic E-state index is 0.0962. The summed E-state index contributed by atoms with van der Waals surface area (Å²) in [6, 6.07) is 5.99. The van der Waals surface area contributed by atoms with E-state index >= 15 is 0 Å². The zero-order valence-corrected chi connectivity index (χ0v) is 10.8. The lowest BCUT2D eigenvalue weighted by molar-refractivity contribution is 0.477. The van der Waals surface area contributed by atoms with Gasteiger partial charge in [0.1, 0.15) is 5.82 Å². The van der Waals surface area contributed by atoms with Crippen molar-refractivity contribution in [3.05, 3.63) is 35.1 Å². The van der Waals surface area contributed by atoms with Crippen LogP contribution in [0.2, 0.25) is 0 Å². The van der Waals surface area contributed by atoms with Crippen LogP contribution in [0.1, 0.15) is 49.7 Å². The molecule has 1 aromatic carbocycles. The van der Waals surface area contributed by atoms with Gasteiger partial charge < -0.3 is 5.32 Å². The fraction of sp³-hybridized carbons (Fsp3) is 0.600. The summed E-state index contributed by atoms with van der Waals surface area (Å²) in [4.78, 5) is 0. The Balaban J connectivity index is 2.14. The van der Waals surface area contributed by atoms with Crippen molar-refractivity contribution in [3.8, 4) is 0 Å². The Kier molecular flexibility index (Phi) is 4.16. The van der Waals surface area contributed by atoms with Crippen molar-refractivity contribution in [1.29, 1.82) is 0 Å². The Bertz CT molecular complexity index is 355. The van der Waals surface area contributed by atoms with Gasteiger partial charge in [-0.1, -0.05) is 19.4 Å². The second kappa shape index (κ2) is 5.63. The van der Waals surface area contributed by atoms with E-state index in [2.05, 4.69) is 18.3 Å². The van der Waals surface area contributed by atoms with E-state index in [9.17, 15) is 4.39 Å². The Morgan fingerprint density at radius 3 is 2.82 bits per heavy atom. The third-order valence-corrected chi connectivity index (χ3v) is 3.67. The van der Waals surface area contributed by atoms with Crippen LogP contribution < -0.4 is 5.32 Å². The molecule has 0 aliphatic heterocycles. The van der Waals surface area contributed by atoms with Gasteiger partial charge in [-0.25, -0.2) is 4.39 Å². The molecule has 0 amide bonds. The highest BCUT2D eigenvalue weighted by Crippen LogP contribution is 2.35. The highest BCUT2D eigenvalue weighted by molar-refractivity contribution is 5.28. The summed E-state index contributed by atoms with van der Waals surface area (Å²) in [7, 11) is 0. The number of hydrogen-bond donors (Lipinski definition) is 1. The Morgan fingerprint density at radius 2 is 2.12 bits per heavy atom. The average molecular weight is 235 g/mol. The second-order valence-corrected chi connectivity index (χ2v) is 5.16. The quantitative estimate of drug-likeness (QED) is 0.837. The van der Waals surface area contributed by atoms with Crippen molar-refractivity contribution < 1.29 is 4.39 Å². The molecule has 1 fully saturated rings. The number of benzene rings is 1. The number of rotatable bonds is 4. The van der Waals surface area contributed by atoms with Crippen molar-refractivity contribution in [2.75, 3.05) is 6.54 Å². The van der Waals surface area contributed by atoms with Gasteiger partial charge in [0.2, 0.25) is 0 Å². The SMILES string of the molecule is CCCNC1CCCC1c1cc(C)cc(F)c1. The lowest BCUT2D eigenvalue weighted by Crippen LogP contribution is -2.31. The van der Waals surface area contributed by atoms with E-state index in [4.69, 9.17) is 0 Å². The molecule has 1 aromatic rings. The first-order valence-corrected chi connectivity index (χ1v) is 6.71. The van der Waals surface area contributed by atoms with Crippen LogP contribution in [-0.2, 0) is 0 Å². The van der Waals surface area contributed by atoms with E-state index in [1.807, 2.05) is 6.92 Å². The number of aryl methyl sites for hydroxylation is 1. The van der Waals surface area contributed by atoms with E-state index in [0.717, 1.165) is 18.5 Å². The topological polar surface area (TPSA) is 12.0 Å². The van der Waals surface area contributed by atoms with Crippen LogP contribution in [0, 0.1) is 12.7 Å². The first-order chi connectivity index (χ1) is 8.20. The first kappa shape index (κ1) is 12.6. The second-order valence-electron chi connectivity index (χ2n) is 5.16. The van der Waals surface area contributed by atoms with Crippen molar-refractivity contribution >= 4 is 0 Å². The molecule has 1 N–H and O–H groups in total.